The zero-order valence-corrected chi connectivity index (χ0v) is 18.4. The first-order valence-corrected chi connectivity index (χ1v) is 10.9. The maximum Gasteiger partial charge on any atom is 0.242 e. The van der Waals surface area contributed by atoms with E-state index in [1.54, 1.807) is 12.0 Å². The third-order valence-corrected chi connectivity index (χ3v) is 5.93. The number of nitrogens with one attached hydrogen (secondary N) is 1. The van der Waals surface area contributed by atoms with Crippen LogP contribution in [0.4, 0.5) is 11.4 Å². The molecular weight excluding hydrogens is 454 g/mol. The van der Waals surface area contributed by atoms with Gasteiger partial charge in [-0.3, -0.25) is 14.5 Å². The van der Waals surface area contributed by atoms with Crippen LogP contribution in [-0.4, -0.2) is 47.4 Å². The van der Waals surface area contributed by atoms with Crippen molar-refractivity contribution in [3.05, 3.63) is 59.1 Å². The largest absolute Gasteiger partial charge is 0.385 e. The maximum absolute atomic E-state index is 12.9. The first-order chi connectivity index (χ1) is 14.1. The molecule has 0 saturated carbocycles. The fourth-order valence-corrected chi connectivity index (χ4v) is 4.27. The fourth-order valence-electron chi connectivity index (χ4n) is 2.82. The molecule has 29 heavy (non-hydrogen) atoms. The number of carbonyl (C=O) groups excluding carboxylic acids is 2. The quantitative estimate of drug-likeness (QED) is 0.572. The Morgan fingerprint density at radius 2 is 1.93 bits per heavy atom. The molecule has 1 atom stereocenters. The lowest BCUT2D eigenvalue weighted by Crippen LogP contribution is -2.34. The number of methoxy groups -OCH3 is 1. The number of carbonyl (C=O) groups is 2. The molecule has 1 aliphatic heterocycles. The molecule has 6 nitrogen and oxygen atoms in total. The molecule has 2 aromatic rings. The van der Waals surface area contributed by atoms with Crippen LogP contribution >= 0.6 is 27.7 Å². The standard InChI is InChI=1S/C21H22BrN3O3S/c1-28-13-5-12-25-20(27)18(29-21(25)24-16-6-3-2-4-7-16)14-19(26)23-17-10-8-15(22)9-11-17/h2-4,6-11,18H,5,12-14H2,1H3,(H,23,26)/t18-/m1/s1. The van der Waals surface area contributed by atoms with Crippen LogP contribution in [0.3, 0.4) is 0 Å². The van der Waals surface area contributed by atoms with Gasteiger partial charge < -0.3 is 10.1 Å². The van der Waals surface area contributed by atoms with Crippen molar-refractivity contribution in [2.45, 2.75) is 18.1 Å². The first kappa shape index (κ1) is 21.5. The number of halogens is 1. The second-order valence-corrected chi connectivity index (χ2v) is 8.52. The van der Waals surface area contributed by atoms with Crippen LogP contribution in [0.5, 0.6) is 0 Å². The molecule has 0 radical (unpaired) electrons. The van der Waals surface area contributed by atoms with E-state index in [-0.39, 0.29) is 18.2 Å². The lowest BCUT2D eigenvalue weighted by molar-refractivity contribution is -0.128. The molecule has 0 aromatic heterocycles. The highest BCUT2D eigenvalue weighted by Crippen LogP contribution is 2.32. The Morgan fingerprint density at radius 1 is 1.21 bits per heavy atom. The summed E-state index contributed by atoms with van der Waals surface area (Å²) in [5.41, 5.74) is 1.48. The number of rotatable bonds is 8. The molecule has 0 spiro atoms. The van der Waals surface area contributed by atoms with Crippen molar-refractivity contribution in [3.63, 3.8) is 0 Å². The molecular formula is C21H22BrN3O3S. The molecule has 2 aromatic carbocycles. The van der Waals surface area contributed by atoms with E-state index in [4.69, 9.17) is 4.74 Å². The lowest BCUT2D eigenvalue weighted by Gasteiger charge is -2.16. The Hall–Kier alpha value is -2.16. The molecule has 1 fully saturated rings. The average Bonchev–Trinajstić information content (AvgIpc) is 2.99. The Balaban J connectivity index is 1.70. The van der Waals surface area contributed by atoms with Gasteiger partial charge in [0.15, 0.2) is 5.17 Å². The van der Waals surface area contributed by atoms with Crippen molar-refractivity contribution < 1.29 is 14.3 Å². The highest BCUT2D eigenvalue weighted by molar-refractivity contribution is 9.10. The molecule has 0 bridgehead atoms. The molecule has 152 valence electrons. The number of anilines is 1. The summed E-state index contributed by atoms with van der Waals surface area (Å²) in [5, 5.41) is 2.98. The topological polar surface area (TPSA) is 71.0 Å². The number of para-hydroxylation sites is 1. The highest BCUT2D eigenvalue weighted by Gasteiger charge is 2.38. The van der Waals surface area contributed by atoms with Crippen LogP contribution < -0.4 is 5.32 Å². The Morgan fingerprint density at radius 3 is 2.62 bits per heavy atom. The number of aliphatic imine (C=N–C) groups is 1. The van der Waals surface area contributed by atoms with Gasteiger partial charge in [0.05, 0.1) is 5.69 Å². The minimum absolute atomic E-state index is 0.0910. The molecule has 3 rings (SSSR count). The van der Waals surface area contributed by atoms with Gasteiger partial charge in [-0.1, -0.05) is 45.9 Å². The molecule has 1 aliphatic rings. The van der Waals surface area contributed by atoms with Crippen molar-refractivity contribution >= 4 is 56.0 Å². The monoisotopic (exact) mass is 475 g/mol. The smallest absolute Gasteiger partial charge is 0.242 e. The van der Waals surface area contributed by atoms with Crippen molar-refractivity contribution in [2.75, 3.05) is 25.6 Å². The SMILES string of the molecule is COCCCN1C(=O)[C@@H](CC(=O)Nc2ccc(Br)cc2)SC1=Nc1ccccc1. The number of amides is 2. The Bertz CT molecular complexity index is 874. The number of nitrogens with zero attached hydrogens (tertiary/aromatic N) is 2. The summed E-state index contributed by atoms with van der Waals surface area (Å²) < 4.78 is 6.04. The van der Waals surface area contributed by atoms with Crippen molar-refractivity contribution in [1.82, 2.24) is 4.90 Å². The molecule has 0 aliphatic carbocycles. The molecule has 0 unspecified atom stereocenters. The van der Waals surface area contributed by atoms with E-state index in [9.17, 15) is 9.59 Å². The van der Waals surface area contributed by atoms with E-state index in [2.05, 4.69) is 26.2 Å². The molecule has 2 amide bonds. The van der Waals surface area contributed by atoms with Gasteiger partial charge in [0, 0.05) is 36.8 Å². The number of amidine groups is 1. The van der Waals surface area contributed by atoms with Crippen LogP contribution in [-0.2, 0) is 14.3 Å². The van der Waals surface area contributed by atoms with E-state index in [0.29, 0.717) is 30.4 Å². The normalized spacial score (nSPS) is 17.7. The summed E-state index contributed by atoms with van der Waals surface area (Å²) in [6, 6.07) is 16.8. The zero-order chi connectivity index (χ0) is 20.6. The van der Waals surface area contributed by atoms with Crippen molar-refractivity contribution in [3.8, 4) is 0 Å². The van der Waals surface area contributed by atoms with Gasteiger partial charge in [-0.15, -0.1) is 0 Å². The van der Waals surface area contributed by atoms with E-state index >= 15 is 0 Å². The summed E-state index contributed by atoms with van der Waals surface area (Å²) in [5.74, 6) is -0.289. The van der Waals surface area contributed by atoms with Gasteiger partial charge in [-0.2, -0.15) is 0 Å². The van der Waals surface area contributed by atoms with E-state index < -0.39 is 5.25 Å². The average molecular weight is 476 g/mol. The van der Waals surface area contributed by atoms with Crippen LogP contribution in [0.1, 0.15) is 12.8 Å². The van der Waals surface area contributed by atoms with Gasteiger partial charge in [-0.25, -0.2) is 4.99 Å². The maximum atomic E-state index is 12.9. The molecule has 1 N–H and O–H groups in total. The van der Waals surface area contributed by atoms with Crippen LogP contribution in [0, 0.1) is 0 Å². The number of ether oxygens (including phenoxy) is 1. The molecule has 8 heteroatoms. The second-order valence-electron chi connectivity index (χ2n) is 6.43. The minimum Gasteiger partial charge on any atom is -0.385 e. The number of hydrogen-bond donors (Lipinski definition) is 1. The van der Waals surface area contributed by atoms with Crippen LogP contribution in [0.15, 0.2) is 64.1 Å². The van der Waals surface area contributed by atoms with Gasteiger partial charge in [-0.05, 0) is 42.8 Å². The number of benzene rings is 2. The van der Waals surface area contributed by atoms with Crippen LogP contribution in [0.25, 0.3) is 0 Å². The summed E-state index contributed by atoms with van der Waals surface area (Å²) in [6.45, 7) is 1.07. The van der Waals surface area contributed by atoms with E-state index in [1.807, 2.05) is 54.6 Å². The fraction of sp³-hybridized carbons (Fsp3) is 0.286. The van der Waals surface area contributed by atoms with Crippen LogP contribution in [0.2, 0.25) is 0 Å². The predicted octanol–water partition coefficient (Wildman–Crippen LogP) is 4.45. The lowest BCUT2D eigenvalue weighted by atomic mass is 10.2. The van der Waals surface area contributed by atoms with E-state index in [0.717, 1.165) is 10.2 Å². The summed E-state index contributed by atoms with van der Waals surface area (Å²) in [4.78, 5) is 31.7. The van der Waals surface area contributed by atoms with Crippen molar-refractivity contribution in [2.24, 2.45) is 4.99 Å². The Labute approximate surface area is 182 Å². The third-order valence-electron chi connectivity index (χ3n) is 4.23. The minimum atomic E-state index is -0.490. The summed E-state index contributed by atoms with van der Waals surface area (Å²) in [7, 11) is 1.63. The third kappa shape index (κ3) is 6.16. The predicted molar refractivity (Wildman–Crippen MR) is 121 cm³/mol. The van der Waals surface area contributed by atoms with E-state index in [1.165, 1.54) is 11.8 Å². The highest BCUT2D eigenvalue weighted by atomic mass is 79.9. The van der Waals surface area contributed by atoms with Crippen molar-refractivity contribution in [1.29, 1.82) is 0 Å². The zero-order valence-electron chi connectivity index (χ0n) is 16.0. The van der Waals surface area contributed by atoms with Gasteiger partial charge in [0.1, 0.15) is 5.25 Å². The second kappa shape index (κ2) is 10.6. The summed E-state index contributed by atoms with van der Waals surface area (Å²) in [6.07, 6.45) is 0.794. The Kier molecular flexibility index (Phi) is 7.85. The number of hydrogen-bond acceptors (Lipinski definition) is 5. The van der Waals surface area contributed by atoms with Gasteiger partial charge in [0.2, 0.25) is 11.8 Å². The molecule has 1 saturated heterocycles. The first-order valence-electron chi connectivity index (χ1n) is 9.23. The summed E-state index contributed by atoms with van der Waals surface area (Å²) >= 11 is 4.71. The molecule has 1 heterocycles. The van der Waals surface area contributed by atoms with Gasteiger partial charge >= 0.3 is 0 Å². The van der Waals surface area contributed by atoms with Gasteiger partial charge in [0.25, 0.3) is 0 Å². The number of thioether (sulfide) groups is 1.